The third-order valence-corrected chi connectivity index (χ3v) is 17.2. The fourth-order valence-electron chi connectivity index (χ4n) is 10.8. The summed E-state index contributed by atoms with van der Waals surface area (Å²) in [5.74, 6) is -0.514. The van der Waals surface area contributed by atoms with Gasteiger partial charge in [-0.1, -0.05) is 335 Å². The largest absolute Gasteiger partial charge is 0.756 e. The maximum atomic E-state index is 13.6. The van der Waals surface area contributed by atoms with Gasteiger partial charge in [0.25, 0.3) is 7.82 Å². The number of unbranched alkanes of at least 4 members (excludes halogenated alkanes) is 49. The lowest BCUT2D eigenvalue weighted by molar-refractivity contribution is -0.870. The van der Waals surface area contributed by atoms with Crippen molar-refractivity contribution in [3.05, 3.63) is 12.2 Å². The van der Waals surface area contributed by atoms with E-state index in [4.69, 9.17) is 13.8 Å². The summed E-state index contributed by atoms with van der Waals surface area (Å²) in [5, 5.41) is 3.05. The standard InChI is InChI=1S/C69H137N2O7P/c1-7-10-13-16-19-22-25-28-30-31-32-33-34-35-36-37-38-39-41-44-47-50-53-56-59-62-69(73)78-67(60-57-54-51-48-45-42-27-24-21-18-15-12-9-3)66(65-77-79(74,75)76-64-63-71(4,5)6)70-68(72)61-58-55-52-49-46-43-40-29-26-23-20-17-14-11-8-2/h57,60,66-67H,7-56,58-59,61-65H2,1-6H3,(H-,70,72,74,75)/b60-57-. The number of ether oxygens (including phenoxy) is 1. The van der Waals surface area contributed by atoms with Gasteiger partial charge in [-0.3, -0.25) is 14.2 Å². The van der Waals surface area contributed by atoms with E-state index in [9.17, 15) is 19.0 Å². The van der Waals surface area contributed by atoms with E-state index in [2.05, 4.69) is 26.1 Å². The Bertz CT molecular complexity index is 1360. The number of phosphoric ester groups is 1. The van der Waals surface area contributed by atoms with Gasteiger partial charge in [0.1, 0.15) is 19.3 Å². The van der Waals surface area contributed by atoms with Crippen LogP contribution in [0.5, 0.6) is 0 Å². The van der Waals surface area contributed by atoms with Crippen molar-refractivity contribution in [1.29, 1.82) is 0 Å². The first-order chi connectivity index (χ1) is 38.4. The van der Waals surface area contributed by atoms with E-state index < -0.39 is 20.0 Å². The number of allylic oxidation sites excluding steroid dienone is 1. The van der Waals surface area contributed by atoms with Crippen molar-refractivity contribution in [2.75, 3.05) is 40.9 Å². The Balaban J connectivity index is 5.02. The minimum atomic E-state index is -4.69. The van der Waals surface area contributed by atoms with Gasteiger partial charge in [-0.2, -0.15) is 0 Å². The molecule has 1 amide bonds. The first-order valence-corrected chi connectivity index (χ1v) is 36.5. The second kappa shape index (κ2) is 59.9. The molecule has 10 heteroatoms. The van der Waals surface area contributed by atoms with Gasteiger partial charge < -0.3 is 28.5 Å². The maximum absolute atomic E-state index is 13.6. The Morgan fingerprint density at radius 2 is 0.722 bits per heavy atom. The summed E-state index contributed by atoms with van der Waals surface area (Å²) in [7, 11) is 1.21. The van der Waals surface area contributed by atoms with E-state index in [1.165, 1.54) is 276 Å². The number of esters is 1. The second-order valence-electron chi connectivity index (χ2n) is 25.4. The smallest absolute Gasteiger partial charge is 0.306 e. The summed E-state index contributed by atoms with van der Waals surface area (Å²) in [6.07, 6.45) is 70.5. The SMILES string of the molecule is CCCCCCCCCCCCC/C=C\C(OC(=O)CCCCCCCCCCCCCCCCCCCCCCCCCCC)C(COP(=O)([O-])OCC[N+](C)(C)C)NC(=O)CCCCCCCCCCCCCCCCC. The Morgan fingerprint density at radius 3 is 1.04 bits per heavy atom. The van der Waals surface area contributed by atoms with Gasteiger partial charge in [-0.25, -0.2) is 0 Å². The molecule has 0 aliphatic rings. The highest BCUT2D eigenvalue weighted by atomic mass is 31.2. The molecule has 0 aromatic heterocycles. The average molecular weight is 1140 g/mol. The molecule has 3 atom stereocenters. The van der Waals surface area contributed by atoms with Crippen molar-refractivity contribution < 1.29 is 37.3 Å². The summed E-state index contributed by atoms with van der Waals surface area (Å²) >= 11 is 0. The van der Waals surface area contributed by atoms with Crippen LogP contribution >= 0.6 is 7.82 Å². The van der Waals surface area contributed by atoms with Gasteiger partial charge in [0.15, 0.2) is 0 Å². The van der Waals surface area contributed by atoms with Crippen LogP contribution in [-0.2, 0) is 27.9 Å². The lowest BCUT2D eigenvalue weighted by atomic mass is 10.0. The molecule has 0 aliphatic heterocycles. The molecule has 0 rings (SSSR count). The molecule has 0 aromatic rings. The molecule has 0 saturated carbocycles. The molecule has 0 saturated heterocycles. The monoisotopic (exact) mass is 1140 g/mol. The average Bonchev–Trinajstić information content (AvgIpc) is 3.41. The number of rotatable bonds is 65. The van der Waals surface area contributed by atoms with Gasteiger partial charge in [0.2, 0.25) is 5.91 Å². The minimum Gasteiger partial charge on any atom is -0.756 e. The lowest BCUT2D eigenvalue weighted by Gasteiger charge is -2.30. The summed E-state index contributed by atoms with van der Waals surface area (Å²) in [5.41, 5.74) is 0. The molecule has 0 fully saturated rings. The quantitative estimate of drug-likeness (QED) is 0.0212. The Labute approximate surface area is 492 Å². The maximum Gasteiger partial charge on any atom is 0.306 e. The van der Waals surface area contributed by atoms with Crippen molar-refractivity contribution in [3.8, 4) is 0 Å². The van der Waals surface area contributed by atoms with Gasteiger partial charge in [-0.15, -0.1) is 0 Å². The van der Waals surface area contributed by atoms with Gasteiger partial charge in [0, 0.05) is 12.8 Å². The lowest BCUT2D eigenvalue weighted by Crippen LogP contribution is -2.47. The van der Waals surface area contributed by atoms with Crippen molar-refractivity contribution in [3.63, 3.8) is 0 Å². The third-order valence-electron chi connectivity index (χ3n) is 16.2. The molecule has 0 aromatic carbocycles. The fraction of sp³-hybridized carbons (Fsp3) is 0.942. The molecule has 470 valence electrons. The van der Waals surface area contributed by atoms with E-state index in [1.807, 2.05) is 33.3 Å². The number of carbonyl (C=O) groups is 2. The molecule has 0 aliphatic carbocycles. The van der Waals surface area contributed by atoms with Crippen LogP contribution in [0.1, 0.15) is 367 Å². The summed E-state index contributed by atoms with van der Waals surface area (Å²) in [6.45, 7) is 6.92. The fourth-order valence-corrected chi connectivity index (χ4v) is 11.5. The molecule has 0 radical (unpaired) electrons. The number of likely N-dealkylation sites (N-methyl/N-ethyl adjacent to an activating group) is 1. The summed E-state index contributed by atoms with van der Waals surface area (Å²) in [4.78, 5) is 40.1. The normalized spacial score (nSPS) is 13.6. The molecular weight excluding hydrogens is 1000 g/mol. The first kappa shape index (κ1) is 77.8. The topological polar surface area (TPSA) is 114 Å². The Kier molecular flexibility index (Phi) is 58.9. The molecule has 0 bridgehead atoms. The predicted octanol–water partition coefficient (Wildman–Crippen LogP) is 21.3. The van der Waals surface area contributed by atoms with Crippen LogP contribution in [-0.4, -0.2) is 69.4 Å². The summed E-state index contributed by atoms with van der Waals surface area (Å²) < 4.78 is 30.4. The van der Waals surface area contributed by atoms with E-state index in [1.54, 1.807) is 0 Å². The van der Waals surface area contributed by atoms with E-state index >= 15 is 0 Å². The van der Waals surface area contributed by atoms with Crippen LogP contribution in [0, 0.1) is 0 Å². The van der Waals surface area contributed by atoms with Gasteiger partial charge in [0.05, 0.1) is 33.8 Å². The second-order valence-corrected chi connectivity index (χ2v) is 26.8. The zero-order valence-corrected chi connectivity index (χ0v) is 54.8. The Morgan fingerprint density at radius 1 is 0.430 bits per heavy atom. The van der Waals surface area contributed by atoms with Gasteiger partial charge in [-0.05, 0) is 31.8 Å². The molecule has 9 nitrogen and oxygen atoms in total. The van der Waals surface area contributed by atoms with E-state index in [0.29, 0.717) is 17.4 Å². The molecule has 1 N–H and O–H groups in total. The predicted molar refractivity (Wildman–Crippen MR) is 340 cm³/mol. The van der Waals surface area contributed by atoms with Gasteiger partial charge >= 0.3 is 5.97 Å². The van der Waals surface area contributed by atoms with Crippen LogP contribution in [0.15, 0.2) is 12.2 Å². The van der Waals surface area contributed by atoms with Crippen LogP contribution in [0.3, 0.4) is 0 Å². The number of hydrogen-bond donors (Lipinski definition) is 1. The number of carbonyl (C=O) groups excluding carboxylic acids is 2. The van der Waals surface area contributed by atoms with Crippen molar-refractivity contribution in [2.24, 2.45) is 0 Å². The molecule has 79 heavy (non-hydrogen) atoms. The summed E-state index contributed by atoms with van der Waals surface area (Å²) in [6, 6.07) is -0.880. The number of nitrogens with zero attached hydrogens (tertiary/aromatic N) is 1. The van der Waals surface area contributed by atoms with Crippen molar-refractivity contribution in [2.45, 2.75) is 380 Å². The molecule has 0 spiro atoms. The molecule has 3 unspecified atom stereocenters. The van der Waals surface area contributed by atoms with Crippen LogP contribution in [0.25, 0.3) is 0 Å². The first-order valence-electron chi connectivity index (χ1n) is 35.0. The van der Waals surface area contributed by atoms with Crippen LogP contribution < -0.4 is 10.2 Å². The highest BCUT2D eigenvalue weighted by Crippen LogP contribution is 2.38. The number of phosphoric acid groups is 1. The molecular formula is C69H137N2O7P. The molecule has 0 heterocycles. The highest BCUT2D eigenvalue weighted by Gasteiger charge is 2.27. The number of quaternary nitrogens is 1. The van der Waals surface area contributed by atoms with E-state index in [-0.39, 0.29) is 31.5 Å². The van der Waals surface area contributed by atoms with Crippen molar-refractivity contribution >= 4 is 19.7 Å². The van der Waals surface area contributed by atoms with Crippen LogP contribution in [0.4, 0.5) is 0 Å². The van der Waals surface area contributed by atoms with Crippen LogP contribution in [0.2, 0.25) is 0 Å². The highest BCUT2D eigenvalue weighted by molar-refractivity contribution is 7.45. The van der Waals surface area contributed by atoms with Crippen molar-refractivity contribution in [1.82, 2.24) is 5.32 Å². The third kappa shape index (κ3) is 61.1. The van der Waals surface area contributed by atoms with E-state index in [0.717, 1.165) is 57.8 Å². The number of hydrogen-bond acceptors (Lipinski definition) is 7. The zero-order valence-electron chi connectivity index (χ0n) is 53.9. The zero-order chi connectivity index (χ0) is 57.9. The Hall–Kier alpha value is -1.25. The number of amides is 1. The number of nitrogens with one attached hydrogen (secondary N) is 1. The minimum absolute atomic E-state index is 0.0165.